The van der Waals surface area contributed by atoms with Crippen molar-refractivity contribution in [3.05, 3.63) is 18.3 Å². The molecule has 20 heavy (non-hydrogen) atoms. The lowest BCUT2D eigenvalue weighted by Gasteiger charge is -2.33. The van der Waals surface area contributed by atoms with Crippen LogP contribution < -0.4 is 10.5 Å². The second-order valence-electron chi connectivity index (χ2n) is 5.99. The van der Waals surface area contributed by atoms with Gasteiger partial charge >= 0.3 is 0 Å². The van der Waals surface area contributed by atoms with Gasteiger partial charge in [0.25, 0.3) is 0 Å². The van der Waals surface area contributed by atoms with Gasteiger partial charge in [-0.25, -0.2) is 0 Å². The Balaban J connectivity index is 1.90. The van der Waals surface area contributed by atoms with E-state index in [9.17, 15) is 5.11 Å². The monoisotopic (exact) mass is 275 g/mol. The molecule has 1 aromatic heterocycles. The Bertz CT molecular complexity index is 623. The van der Waals surface area contributed by atoms with Crippen LogP contribution >= 0.6 is 0 Å². The maximum Gasteiger partial charge on any atom is 0.144 e. The lowest BCUT2D eigenvalue weighted by atomic mass is 9.84. The van der Waals surface area contributed by atoms with Crippen LogP contribution in [0.15, 0.2) is 18.3 Å². The van der Waals surface area contributed by atoms with Gasteiger partial charge in [-0.15, -0.1) is 0 Å². The van der Waals surface area contributed by atoms with Crippen LogP contribution in [-0.2, 0) is 0 Å². The normalized spacial score (nSPS) is 26.9. The molecule has 108 valence electrons. The summed E-state index contributed by atoms with van der Waals surface area (Å²) in [6, 6.07) is 4.13. The molecule has 1 heterocycles. The fraction of sp³-hybridized carbons (Fsp3) is 0.533. The number of hydrogen-bond acceptors (Lipinski definition) is 4. The summed E-state index contributed by atoms with van der Waals surface area (Å²) in [6.07, 6.45) is 5.58. The standard InChI is InChI=1S/C15H21N3O2/c1-15(19)5-3-11(4-6-15)18-9-10-7-12(16)14(20-2)8-13(10)17-18/h7-9,11,19H,3-6,16H2,1-2H3/t11-,15+. The third-order valence-electron chi connectivity index (χ3n) is 4.28. The number of aromatic nitrogens is 2. The third kappa shape index (κ3) is 2.33. The second kappa shape index (κ2) is 4.66. The zero-order valence-corrected chi connectivity index (χ0v) is 12.0. The highest BCUT2D eigenvalue weighted by molar-refractivity contribution is 5.84. The third-order valence-corrected chi connectivity index (χ3v) is 4.28. The van der Waals surface area contributed by atoms with Crippen molar-refractivity contribution in [2.45, 2.75) is 44.2 Å². The number of aliphatic hydroxyl groups is 1. The molecule has 1 aliphatic carbocycles. The maximum atomic E-state index is 10.0. The molecule has 0 saturated heterocycles. The number of rotatable bonds is 2. The summed E-state index contributed by atoms with van der Waals surface area (Å²) >= 11 is 0. The van der Waals surface area contributed by atoms with E-state index in [1.165, 1.54) is 0 Å². The van der Waals surface area contributed by atoms with Crippen molar-refractivity contribution >= 4 is 16.6 Å². The van der Waals surface area contributed by atoms with Crippen LogP contribution in [0.1, 0.15) is 38.6 Å². The summed E-state index contributed by atoms with van der Waals surface area (Å²) in [5.74, 6) is 0.661. The molecular formula is C15H21N3O2. The molecule has 0 unspecified atom stereocenters. The lowest BCUT2D eigenvalue weighted by molar-refractivity contribution is 0.00860. The number of nitrogens with zero attached hydrogens (tertiary/aromatic N) is 2. The van der Waals surface area contributed by atoms with Gasteiger partial charge in [0.05, 0.1) is 30.0 Å². The number of nitrogens with two attached hydrogens (primary N) is 1. The average Bonchev–Trinajstić information content (AvgIpc) is 2.80. The van der Waals surface area contributed by atoms with E-state index in [2.05, 4.69) is 5.10 Å². The number of benzene rings is 1. The van der Waals surface area contributed by atoms with Gasteiger partial charge in [-0.3, -0.25) is 4.68 Å². The smallest absolute Gasteiger partial charge is 0.144 e. The Morgan fingerprint density at radius 1 is 1.40 bits per heavy atom. The van der Waals surface area contributed by atoms with Gasteiger partial charge in [-0.1, -0.05) is 0 Å². The number of anilines is 1. The second-order valence-corrected chi connectivity index (χ2v) is 5.99. The quantitative estimate of drug-likeness (QED) is 0.826. The molecule has 0 bridgehead atoms. The molecule has 1 aliphatic rings. The van der Waals surface area contributed by atoms with E-state index in [0.29, 0.717) is 17.5 Å². The molecule has 1 fully saturated rings. The Hall–Kier alpha value is -1.75. The minimum Gasteiger partial charge on any atom is -0.495 e. The Morgan fingerprint density at radius 2 is 2.10 bits per heavy atom. The van der Waals surface area contributed by atoms with E-state index in [0.717, 1.165) is 36.6 Å². The highest BCUT2D eigenvalue weighted by atomic mass is 16.5. The molecule has 0 radical (unpaired) electrons. The molecule has 0 amide bonds. The summed E-state index contributed by atoms with van der Waals surface area (Å²) in [7, 11) is 1.61. The van der Waals surface area contributed by atoms with Crippen molar-refractivity contribution in [1.29, 1.82) is 0 Å². The molecule has 1 aromatic carbocycles. The largest absolute Gasteiger partial charge is 0.495 e. The fourth-order valence-corrected chi connectivity index (χ4v) is 2.94. The minimum atomic E-state index is -0.517. The first kappa shape index (κ1) is 13.2. The molecule has 1 saturated carbocycles. The minimum absolute atomic E-state index is 0.356. The van der Waals surface area contributed by atoms with Crippen molar-refractivity contribution in [1.82, 2.24) is 9.78 Å². The summed E-state index contributed by atoms with van der Waals surface area (Å²) in [5.41, 5.74) is 6.94. The van der Waals surface area contributed by atoms with Crippen molar-refractivity contribution in [2.75, 3.05) is 12.8 Å². The van der Waals surface area contributed by atoms with Gasteiger partial charge in [0.2, 0.25) is 0 Å². The Labute approximate surface area is 118 Å². The molecule has 0 aliphatic heterocycles. The summed E-state index contributed by atoms with van der Waals surface area (Å²) < 4.78 is 7.24. The zero-order valence-electron chi connectivity index (χ0n) is 12.0. The van der Waals surface area contributed by atoms with Crippen LogP contribution in [0.5, 0.6) is 5.75 Å². The summed E-state index contributed by atoms with van der Waals surface area (Å²) in [4.78, 5) is 0. The number of fused-ring (bicyclic) bond motifs is 1. The van der Waals surface area contributed by atoms with Crippen LogP contribution in [0.4, 0.5) is 5.69 Å². The predicted molar refractivity (Wildman–Crippen MR) is 78.8 cm³/mol. The predicted octanol–water partition coefficient (Wildman–Crippen LogP) is 2.49. The molecular weight excluding hydrogens is 254 g/mol. The summed E-state index contributed by atoms with van der Waals surface area (Å²) in [5, 5.41) is 15.7. The number of methoxy groups -OCH3 is 1. The van der Waals surface area contributed by atoms with Gasteiger partial charge in [0, 0.05) is 17.6 Å². The van der Waals surface area contributed by atoms with Gasteiger partial charge in [0.15, 0.2) is 0 Å². The molecule has 2 aromatic rings. The SMILES string of the molecule is COc1cc2nn([C@H]3CC[C@@](C)(O)CC3)cc2cc1N. The molecule has 0 atom stereocenters. The first-order chi connectivity index (χ1) is 9.48. The number of nitrogen functional groups attached to an aromatic ring is 1. The van der Waals surface area contributed by atoms with Crippen molar-refractivity contribution in [3.8, 4) is 5.75 Å². The molecule has 5 nitrogen and oxygen atoms in total. The van der Waals surface area contributed by atoms with Crippen LogP contribution in [0.25, 0.3) is 10.9 Å². The van der Waals surface area contributed by atoms with E-state index in [4.69, 9.17) is 10.5 Å². The van der Waals surface area contributed by atoms with Crippen LogP contribution in [0.2, 0.25) is 0 Å². The fourth-order valence-electron chi connectivity index (χ4n) is 2.94. The first-order valence-electron chi connectivity index (χ1n) is 7.03. The highest BCUT2D eigenvalue weighted by Crippen LogP contribution is 2.35. The van der Waals surface area contributed by atoms with E-state index < -0.39 is 5.60 Å². The van der Waals surface area contributed by atoms with Crippen molar-refractivity contribution in [3.63, 3.8) is 0 Å². The van der Waals surface area contributed by atoms with E-state index in [1.807, 2.05) is 29.9 Å². The average molecular weight is 275 g/mol. The van der Waals surface area contributed by atoms with Crippen LogP contribution in [0.3, 0.4) is 0 Å². The Morgan fingerprint density at radius 3 is 2.75 bits per heavy atom. The van der Waals surface area contributed by atoms with Crippen molar-refractivity contribution < 1.29 is 9.84 Å². The molecule has 3 rings (SSSR count). The van der Waals surface area contributed by atoms with E-state index in [1.54, 1.807) is 7.11 Å². The van der Waals surface area contributed by atoms with Gasteiger partial charge < -0.3 is 15.6 Å². The lowest BCUT2D eigenvalue weighted by Crippen LogP contribution is -2.31. The molecule has 3 N–H and O–H groups in total. The van der Waals surface area contributed by atoms with Crippen molar-refractivity contribution in [2.24, 2.45) is 0 Å². The van der Waals surface area contributed by atoms with Crippen LogP contribution in [-0.4, -0.2) is 27.6 Å². The molecule has 0 spiro atoms. The zero-order chi connectivity index (χ0) is 14.3. The van der Waals surface area contributed by atoms with Gasteiger partial charge in [-0.05, 0) is 38.7 Å². The first-order valence-corrected chi connectivity index (χ1v) is 7.03. The number of hydrogen-bond donors (Lipinski definition) is 2. The molecule has 5 heteroatoms. The van der Waals surface area contributed by atoms with E-state index >= 15 is 0 Å². The van der Waals surface area contributed by atoms with E-state index in [-0.39, 0.29) is 0 Å². The topological polar surface area (TPSA) is 73.3 Å². The summed E-state index contributed by atoms with van der Waals surface area (Å²) in [6.45, 7) is 1.91. The maximum absolute atomic E-state index is 10.0. The highest BCUT2D eigenvalue weighted by Gasteiger charge is 2.29. The Kier molecular flexibility index (Phi) is 3.09. The van der Waals surface area contributed by atoms with Gasteiger partial charge in [-0.2, -0.15) is 5.10 Å². The van der Waals surface area contributed by atoms with Gasteiger partial charge in [0.1, 0.15) is 5.75 Å². The van der Waals surface area contributed by atoms with Crippen LogP contribution in [0, 0.1) is 0 Å². The number of ether oxygens (including phenoxy) is 1.